The van der Waals surface area contributed by atoms with Crippen molar-refractivity contribution in [1.82, 2.24) is 4.72 Å². The smallest absolute Gasteiger partial charge is 0.158 e. The highest BCUT2D eigenvalue weighted by molar-refractivity contribution is 9.10. The number of nitrogens with one attached hydrogen (secondary N) is 1. The Hall–Kier alpha value is -1.05. The van der Waals surface area contributed by atoms with Gasteiger partial charge in [-0.05, 0) is 55.6 Å². The predicted molar refractivity (Wildman–Crippen MR) is 126 cm³/mol. The summed E-state index contributed by atoms with van der Waals surface area (Å²) in [6.45, 7) is 11.8. The van der Waals surface area contributed by atoms with Crippen LogP contribution in [0.1, 0.15) is 45.2 Å². The zero-order valence-electron chi connectivity index (χ0n) is 17.5. The number of ether oxygens (including phenoxy) is 1. The summed E-state index contributed by atoms with van der Waals surface area (Å²) in [5.41, 5.74) is 1.73. The molecule has 3 nitrogen and oxygen atoms in total. The Morgan fingerprint density at radius 2 is 2.03 bits per heavy atom. The van der Waals surface area contributed by atoms with Crippen LogP contribution in [0.5, 0.6) is 5.75 Å². The van der Waals surface area contributed by atoms with Gasteiger partial charge in [0.25, 0.3) is 0 Å². The zero-order chi connectivity index (χ0) is 22.3. The largest absolute Gasteiger partial charge is 0.598 e. The van der Waals surface area contributed by atoms with Crippen molar-refractivity contribution < 1.29 is 13.7 Å². The third-order valence-electron chi connectivity index (χ3n) is 5.14. The number of hydrogen-bond acceptors (Lipinski definition) is 3. The van der Waals surface area contributed by atoms with Gasteiger partial charge in [-0.2, -0.15) is 0 Å². The molecule has 0 amide bonds. The molecule has 0 saturated heterocycles. The molecule has 1 heterocycles. The van der Waals surface area contributed by atoms with E-state index in [2.05, 4.69) is 27.2 Å². The molecule has 0 bridgehead atoms. The van der Waals surface area contributed by atoms with E-state index in [9.17, 15) is 8.94 Å². The van der Waals surface area contributed by atoms with Gasteiger partial charge in [0, 0.05) is 33.9 Å². The highest BCUT2D eigenvalue weighted by atomic mass is 79.9. The SMILES string of the molecule is C=C(C)CC(N[S@+]([O-])C(C)(C)C)C1(c2ccccc2)Cc2c(cc(F)c(Cl)c2Br)O1. The zero-order valence-corrected chi connectivity index (χ0v) is 20.7. The highest BCUT2D eigenvalue weighted by Gasteiger charge is 2.51. The lowest BCUT2D eigenvalue weighted by molar-refractivity contribution is 0.0550. The van der Waals surface area contributed by atoms with Crippen LogP contribution in [0.3, 0.4) is 0 Å². The number of benzene rings is 2. The Labute approximate surface area is 194 Å². The Kier molecular flexibility index (Phi) is 6.95. The van der Waals surface area contributed by atoms with Crippen molar-refractivity contribution in [1.29, 1.82) is 0 Å². The molecule has 3 atom stereocenters. The molecule has 0 aliphatic carbocycles. The first-order valence-corrected chi connectivity index (χ1v) is 12.0. The molecule has 3 rings (SSSR count). The first-order chi connectivity index (χ1) is 14.0. The fourth-order valence-corrected chi connectivity index (χ4v) is 5.17. The van der Waals surface area contributed by atoms with Crippen molar-refractivity contribution in [2.75, 3.05) is 0 Å². The van der Waals surface area contributed by atoms with Gasteiger partial charge in [-0.15, -0.1) is 11.3 Å². The van der Waals surface area contributed by atoms with Crippen LogP contribution in [0.25, 0.3) is 0 Å². The van der Waals surface area contributed by atoms with Crippen molar-refractivity contribution in [3.8, 4) is 5.75 Å². The molecular weight excluding hydrogens is 489 g/mol. The molecule has 0 radical (unpaired) electrons. The van der Waals surface area contributed by atoms with Crippen molar-refractivity contribution in [3.63, 3.8) is 0 Å². The molecule has 1 aliphatic rings. The van der Waals surface area contributed by atoms with Crippen molar-refractivity contribution >= 4 is 38.9 Å². The first-order valence-electron chi connectivity index (χ1n) is 9.69. The van der Waals surface area contributed by atoms with E-state index >= 15 is 0 Å². The Morgan fingerprint density at radius 3 is 2.60 bits per heavy atom. The van der Waals surface area contributed by atoms with Crippen LogP contribution in [-0.4, -0.2) is 15.3 Å². The molecule has 162 valence electrons. The van der Waals surface area contributed by atoms with Crippen molar-refractivity contribution in [2.45, 2.75) is 56.9 Å². The van der Waals surface area contributed by atoms with E-state index in [4.69, 9.17) is 16.3 Å². The molecule has 30 heavy (non-hydrogen) atoms. The van der Waals surface area contributed by atoms with Gasteiger partial charge in [-0.3, -0.25) is 0 Å². The second-order valence-corrected chi connectivity index (χ2v) is 11.9. The van der Waals surface area contributed by atoms with E-state index in [0.717, 1.165) is 16.7 Å². The quantitative estimate of drug-likeness (QED) is 0.273. The van der Waals surface area contributed by atoms with E-state index in [1.165, 1.54) is 6.07 Å². The molecule has 0 saturated carbocycles. The predicted octanol–water partition coefficient (Wildman–Crippen LogP) is 6.46. The van der Waals surface area contributed by atoms with Gasteiger partial charge in [0.05, 0.1) is 5.02 Å². The summed E-state index contributed by atoms with van der Waals surface area (Å²) < 4.78 is 37.2. The molecule has 1 N–H and O–H groups in total. The van der Waals surface area contributed by atoms with Gasteiger partial charge in [0.15, 0.2) is 5.60 Å². The minimum Gasteiger partial charge on any atom is -0.598 e. The highest BCUT2D eigenvalue weighted by Crippen LogP contribution is 2.49. The lowest BCUT2D eigenvalue weighted by Crippen LogP contribution is -2.56. The Balaban J connectivity index is 2.15. The topological polar surface area (TPSA) is 44.3 Å². The minimum absolute atomic E-state index is 0.0314. The standard InChI is InChI=1S/C23H26BrClFNO2S/c1-14(2)11-19(27-30(28)22(3,4)5)23(15-9-7-6-8-10-15)13-16-18(29-23)12-17(26)21(25)20(16)24/h6-10,12,19,27H,1,11,13H2,2-5H3/t19?,23?,30-/m1/s1. The maximum Gasteiger partial charge on any atom is 0.158 e. The molecule has 2 aromatic carbocycles. The van der Waals surface area contributed by atoms with E-state index in [1.807, 2.05) is 58.0 Å². The Bertz CT molecular complexity index is 950. The van der Waals surface area contributed by atoms with Gasteiger partial charge in [-0.1, -0.05) is 47.5 Å². The second kappa shape index (κ2) is 8.83. The number of rotatable bonds is 6. The van der Waals surface area contributed by atoms with Crippen LogP contribution >= 0.6 is 27.5 Å². The van der Waals surface area contributed by atoms with Gasteiger partial charge in [0.2, 0.25) is 0 Å². The summed E-state index contributed by atoms with van der Waals surface area (Å²) in [7, 11) is 0. The molecule has 1 aliphatic heterocycles. The van der Waals surface area contributed by atoms with Crippen LogP contribution in [0.2, 0.25) is 5.02 Å². The van der Waals surface area contributed by atoms with E-state index in [1.54, 1.807) is 0 Å². The maximum absolute atomic E-state index is 14.3. The molecule has 7 heteroatoms. The van der Waals surface area contributed by atoms with Gasteiger partial charge >= 0.3 is 0 Å². The lowest BCUT2D eigenvalue weighted by Gasteiger charge is -2.39. The lowest BCUT2D eigenvalue weighted by atomic mass is 9.80. The summed E-state index contributed by atoms with van der Waals surface area (Å²) in [5, 5.41) is 0.0314. The first kappa shape index (κ1) is 23.6. The molecule has 0 spiro atoms. The fourth-order valence-electron chi connectivity index (χ4n) is 3.59. The third kappa shape index (κ3) is 4.58. The van der Waals surface area contributed by atoms with Crippen molar-refractivity contribution in [2.24, 2.45) is 0 Å². The molecule has 0 fully saturated rings. The van der Waals surface area contributed by atoms with Crippen LogP contribution < -0.4 is 9.46 Å². The van der Waals surface area contributed by atoms with Gasteiger partial charge in [-0.25, -0.2) is 4.39 Å². The summed E-state index contributed by atoms with van der Waals surface area (Å²) in [4.78, 5) is 0. The summed E-state index contributed by atoms with van der Waals surface area (Å²) in [5.74, 6) is -0.114. The summed E-state index contributed by atoms with van der Waals surface area (Å²) in [6.07, 6.45) is 0.984. The third-order valence-corrected chi connectivity index (χ3v) is 8.22. The average molecular weight is 515 g/mol. The number of hydrogen-bond donors (Lipinski definition) is 1. The minimum atomic E-state index is -1.34. The molecule has 2 aromatic rings. The fraction of sp³-hybridized carbons (Fsp3) is 0.391. The van der Waals surface area contributed by atoms with Crippen LogP contribution in [-0.2, 0) is 23.4 Å². The van der Waals surface area contributed by atoms with E-state index in [-0.39, 0.29) is 11.1 Å². The Morgan fingerprint density at radius 1 is 1.40 bits per heavy atom. The van der Waals surface area contributed by atoms with Gasteiger partial charge < -0.3 is 9.29 Å². The van der Waals surface area contributed by atoms with Crippen LogP contribution in [0.4, 0.5) is 4.39 Å². The second-order valence-electron chi connectivity index (χ2n) is 8.71. The normalized spacial score (nSPS) is 20.4. The van der Waals surface area contributed by atoms with E-state index < -0.39 is 27.5 Å². The van der Waals surface area contributed by atoms with E-state index in [0.29, 0.717) is 23.1 Å². The van der Waals surface area contributed by atoms with Crippen LogP contribution in [0.15, 0.2) is 53.0 Å². The maximum atomic E-state index is 14.3. The molecule has 0 aromatic heterocycles. The average Bonchev–Trinajstić information content (AvgIpc) is 3.06. The summed E-state index contributed by atoms with van der Waals surface area (Å²) in [6, 6.07) is 10.7. The molecular formula is C23H26BrClFNO2S. The van der Waals surface area contributed by atoms with Crippen molar-refractivity contribution in [3.05, 3.63) is 75.0 Å². The van der Waals surface area contributed by atoms with Gasteiger partial charge in [0.1, 0.15) is 22.4 Å². The molecule has 2 unspecified atom stereocenters. The summed E-state index contributed by atoms with van der Waals surface area (Å²) >= 11 is 8.25. The number of fused-ring (bicyclic) bond motifs is 1. The van der Waals surface area contributed by atoms with Crippen LogP contribution in [0, 0.1) is 5.82 Å². The monoisotopic (exact) mass is 513 g/mol. The number of halogens is 3.